The number of allylic oxidation sites excluding steroid dienone is 2. The Labute approximate surface area is 168 Å². The summed E-state index contributed by atoms with van der Waals surface area (Å²) >= 11 is 0. The maximum absolute atomic E-state index is 13.7. The highest BCUT2D eigenvalue weighted by atomic mass is 16.6. The van der Waals surface area contributed by atoms with E-state index in [0.29, 0.717) is 42.2 Å². The van der Waals surface area contributed by atoms with Crippen LogP contribution < -0.4 is 16.4 Å². The summed E-state index contributed by atoms with van der Waals surface area (Å²) < 4.78 is 11.1. The Morgan fingerprint density at radius 1 is 1.24 bits per heavy atom. The van der Waals surface area contributed by atoms with E-state index in [0.717, 1.165) is 13.1 Å². The van der Waals surface area contributed by atoms with Crippen molar-refractivity contribution in [2.45, 2.75) is 24.7 Å². The van der Waals surface area contributed by atoms with Crippen LogP contribution in [-0.4, -0.2) is 91.7 Å². The van der Waals surface area contributed by atoms with Crippen LogP contribution >= 0.6 is 0 Å². The summed E-state index contributed by atoms with van der Waals surface area (Å²) in [5.74, 6) is -0.931. The third-order valence-corrected chi connectivity index (χ3v) is 6.83. The van der Waals surface area contributed by atoms with Crippen molar-refractivity contribution in [1.82, 2.24) is 20.4 Å². The second kappa shape index (κ2) is 6.28. The predicted molar refractivity (Wildman–Crippen MR) is 100 cm³/mol. The molecule has 1 unspecified atom stereocenters. The molecular formula is C19H25N5O5. The molecule has 0 aromatic heterocycles. The van der Waals surface area contributed by atoms with Gasteiger partial charge in [0.05, 0.1) is 23.4 Å². The fraction of sp³-hybridized carbons (Fsp3) is 0.632. The van der Waals surface area contributed by atoms with Crippen molar-refractivity contribution in [3.05, 3.63) is 22.5 Å². The third-order valence-electron chi connectivity index (χ3n) is 6.83. The summed E-state index contributed by atoms with van der Waals surface area (Å²) in [4.78, 5) is 42.4. The van der Waals surface area contributed by atoms with Gasteiger partial charge in [0, 0.05) is 57.0 Å². The number of carbonyl (C=O) groups excluding carboxylic acids is 3. The van der Waals surface area contributed by atoms with E-state index >= 15 is 0 Å². The van der Waals surface area contributed by atoms with Crippen LogP contribution in [0.2, 0.25) is 0 Å². The molecule has 4 heterocycles. The maximum atomic E-state index is 13.7. The normalized spacial score (nSPS) is 35.7. The second-order valence-corrected chi connectivity index (χ2v) is 8.13. The molecule has 3 saturated heterocycles. The Kier molecular flexibility index (Phi) is 4.03. The van der Waals surface area contributed by atoms with Gasteiger partial charge >= 0.3 is 6.09 Å². The van der Waals surface area contributed by atoms with Crippen molar-refractivity contribution in [2.75, 3.05) is 46.4 Å². The van der Waals surface area contributed by atoms with Gasteiger partial charge in [-0.25, -0.2) is 4.79 Å². The van der Waals surface area contributed by atoms with Gasteiger partial charge in [-0.15, -0.1) is 0 Å². The van der Waals surface area contributed by atoms with Crippen molar-refractivity contribution >= 4 is 17.7 Å². The Balaban J connectivity index is 1.59. The van der Waals surface area contributed by atoms with E-state index in [1.807, 2.05) is 9.80 Å². The summed E-state index contributed by atoms with van der Waals surface area (Å²) in [6.45, 7) is 4.98. The zero-order valence-electron chi connectivity index (χ0n) is 16.5. The van der Waals surface area contributed by atoms with Crippen LogP contribution in [0.5, 0.6) is 0 Å². The molecule has 4 atom stereocenters. The lowest BCUT2D eigenvalue weighted by atomic mass is 9.82. The number of fused-ring (bicyclic) bond motifs is 4. The highest BCUT2D eigenvalue weighted by molar-refractivity contribution is 6.25. The molecule has 156 valence electrons. The van der Waals surface area contributed by atoms with Gasteiger partial charge in [0.2, 0.25) is 11.6 Å². The fourth-order valence-electron chi connectivity index (χ4n) is 5.55. The smallest absolute Gasteiger partial charge is 0.404 e. The number of amides is 1. The summed E-state index contributed by atoms with van der Waals surface area (Å²) in [6, 6.07) is 0.143. The molecule has 4 aliphatic heterocycles. The van der Waals surface area contributed by atoms with E-state index < -0.39 is 17.7 Å². The maximum Gasteiger partial charge on any atom is 0.404 e. The van der Waals surface area contributed by atoms with E-state index in [1.165, 1.54) is 0 Å². The molecule has 0 bridgehead atoms. The Morgan fingerprint density at radius 3 is 2.62 bits per heavy atom. The van der Waals surface area contributed by atoms with Gasteiger partial charge in [-0.2, -0.15) is 0 Å². The number of ketones is 2. The van der Waals surface area contributed by atoms with Crippen molar-refractivity contribution < 1.29 is 23.9 Å². The number of Topliss-reactive ketones (excluding diaryl/α,β-unsaturated/α-hetero) is 2. The standard InChI is InChI=1S/C19H25N5O5/c1-9-13(23-5-3-21-4-6-23)16(26)12-10(8-29-18(20)27)19(28-2)17-11(22-17)7-24(19)14(12)15(9)25/h10-11,17,21-22H,3-8H2,1-2H3,(H2,20,27)/t10-,11+,17+,19?/m0/s1. The van der Waals surface area contributed by atoms with Crippen LogP contribution in [-0.2, 0) is 19.1 Å². The van der Waals surface area contributed by atoms with Crippen LogP contribution in [0.15, 0.2) is 22.5 Å². The average Bonchev–Trinajstić information content (AvgIpc) is 3.32. The molecule has 0 radical (unpaired) electrons. The lowest BCUT2D eigenvalue weighted by Crippen LogP contribution is -2.55. The van der Waals surface area contributed by atoms with Crippen molar-refractivity contribution in [3.8, 4) is 0 Å². The van der Waals surface area contributed by atoms with Crippen LogP contribution in [0.25, 0.3) is 0 Å². The summed E-state index contributed by atoms with van der Waals surface area (Å²) in [5.41, 5.74) is 5.96. The number of hydrogen-bond acceptors (Lipinski definition) is 9. The zero-order chi connectivity index (χ0) is 20.5. The number of nitrogens with one attached hydrogen (secondary N) is 2. The number of methoxy groups -OCH3 is 1. The number of hydrogen-bond donors (Lipinski definition) is 3. The summed E-state index contributed by atoms with van der Waals surface area (Å²) in [5, 5.41) is 6.62. The molecule has 10 nitrogen and oxygen atoms in total. The first kappa shape index (κ1) is 18.6. The van der Waals surface area contributed by atoms with Crippen LogP contribution in [0.1, 0.15) is 6.92 Å². The van der Waals surface area contributed by atoms with Crippen LogP contribution in [0.3, 0.4) is 0 Å². The number of primary amides is 1. The number of nitrogens with zero attached hydrogens (tertiary/aromatic N) is 2. The summed E-state index contributed by atoms with van der Waals surface area (Å²) in [7, 11) is 1.57. The van der Waals surface area contributed by atoms with Crippen molar-refractivity contribution in [2.24, 2.45) is 11.7 Å². The molecule has 10 heteroatoms. The monoisotopic (exact) mass is 403 g/mol. The topological polar surface area (TPSA) is 136 Å². The van der Waals surface area contributed by atoms with Crippen molar-refractivity contribution in [3.63, 3.8) is 0 Å². The Hall–Kier alpha value is -2.43. The van der Waals surface area contributed by atoms with E-state index in [4.69, 9.17) is 15.2 Å². The van der Waals surface area contributed by atoms with Gasteiger partial charge in [0.15, 0.2) is 5.72 Å². The Bertz CT molecular complexity index is 876. The quantitative estimate of drug-likeness (QED) is 0.370. The van der Waals surface area contributed by atoms with Gasteiger partial charge in [0.25, 0.3) is 0 Å². The minimum atomic E-state index is -0.935. The highest BCUT2D eigenvalue weighted by Crippen LogP contribution is 2.55. The van der Waals surface area contributed by atoms with Gasteiger partial charge in [0.1, 0.15) is 6.61 Å². The van der Waals surface area contributed by atoms with Gasteiger partial charge in [-0.1, -0.05) is 0 Å². The molecule has 0 saturated carbocycles. The molecule has 0 aromatic carbocycles. The van der Waals surface area contributed by atoms with E-state index in [-0.39, 0.29) is 30.3 Å². The first-order valence-corrected chi connectivity index (χ1v) is 9.93. The average molecular weight is 403 g/mol. The summed E-state index contributed by atoms with van der Waals surface area (Å²) in [6.07, 6.45) is -0.918. The zero-order valence-corrected chi connectivity index (χ0v) is 16.5. The number of rotatable bonds is 4. The van der Waals surface area contributed by atoms with E-state index in [1.54, 1.807) is 14.0 Å². The molecule has 1 amide bonds. The molecular weight excluding hydrogens is 378 g/mol. The predicted octanol–water partition coefficient (Wildman–Crippen LogP) is -1.70. The Morgan fingerprint density at radius 2 is 1.97 bits per heavy atom. The van der Waals surface area contributed by atoms with Gasteiger partial charge < -0.3 is 35.6 Å². The largest absolute Gasteiger partial charge is 0.449 e. The molecule has 29 heavy (non-hydrogen) atoms. The van der Waals surface area contributed by atoms with Crippen LogP contribution in [0, 0.1) is 5.92 Å². The lowest BCUT2D eigenvalue weighted by Gasteiger charge is -2.39. The van der Waals surface area contributed by atoms with Crippen LogP contribution in [0.4, 0.5) is 4.79 Å². The number of ether oxygens (including phenoxy) is 2. The first-order chi connectivity index (χ1) is 13.9. The first-order valence-electron chi connectivity index (χ1n) is 9.93. The van der Waals surface area contributed by atoms with Gasteiger partial charge in [-0.05, 0) is 6.92 Å². The molecule has 0 spiro atoms. The minimum Gasteiger partial charge on any atom is -0.449 e. The molecule has 5 rings (SSSR count). The fourth-order valence-corrected chi connectivity index (χ4v) is 5.55. The molecule has 1 aliphatic carbocycles. The van der Waals surface area contributed by atoms with Gasteiger partial charge in [-0.3, -0.25) is 9.59 Å². The third kappa shape index (κ3) is 2.36. The molecule has 5 aliphatic rings. The highest BCUT2D eigenvalue weighted by Gasteiger charge is 2.72. The lowest BCUT2D eigenvalue weighted by molar-refractivity contribution is -0.137. The second-order valence-electron chi connectivity index (χ2n) is 8.13. The molecule has 3 fully saturated rings. The number of carbonyl (C=O) groups is 3. The minimum absolute atomic E-state index is 0.0388. The number of nitrogens with two attached hydrogens (primary N) is 1. The van der Waals surface area contributed by atoms with E-state index in [9.17, 15) is 14.4 Å². The SMILES string of the molecule is COC12[C@@H]3N[C@@H]3CN1C1=C(C(=O)C(N3CCNCC3)=C(C)C1=O)[C@@H]2COC(N)=O. The van der Waals surface area contributed by atoms with Crippen molar-refractivity contribution in [1.29, 1.82) is 0 Å². The molecule has 0 aromatic rings. The van der Waals surface area contributed by atoms with E-state index in [2.05, 4.69) is 10.6 Å². The molecule has 4 N–H and O–H groups in total. The number of piperazine rings is 2.